The van der Waals surface area contributed by atoms with Gasteiger partial charge in [-0.25, -0.2) is 9.59 Å². The molecule has 1 aromatic heterocycles. The number of nitrogens with zero attached hydrogens (tertiary/aromatic N) is 2. The maximum atomic E-state index is 12.2. The lowest BCUT2D eigenvalue weighted by Crippen LogP contribution is -2.30. The molecular weight excluding hydrogens is 270 g/mol. The van der Waals surface area contributed by atoms with Gasteiger partial charge in [-0.1, -0.05) is 6.07 Å². The molecule has 1 aliphatic heterocycles. The molecule has 0 saturated heterocycles. The van der Waals surface area contributed by atoms with Gasteiger partial charge in [-0.3, -0.25) is 4.98 Å². The molecule has 0 unspecified atom stereocenters. The molecule has 2 heterocycles. The molecule has 1 aromatic carbocycles. The number of fused-ring (bicyclic) bond motifs is 1. The first-order valence-corrected chi connectivity index (χ1v) is 6.44. The number of amides is 2. The Balaban J connectivity index is 1.72. The molecule has 2 N–H and O–H groups in total. The SMILES string of the molecule is O=C(O)c1ccc2c(c1)CN(C(=O)Nc1cccnc1)C2. The van der Waals surface area contributed by atoms with Crippen LogP contribution in [-0.4, -0.2) is 27.0 Å². The van der Waals surface area contributed by atoms with E-state index in [0.29, 0.717) is 18.8 Å². The fraction of sp³-hybridized carbons (Fsp3) is 0.133. The molecule has 0 fully saturated rings. The summed E-state index contributed by atoms with van der Waals surface area (Å²) in [7, 11) is 0. The van der Waals surface area contributed by atoms with Crippen molar-refractivity contribution < 1.29 is 14.7 Å². The lowest BCUT2D eigenvalue weighted by Gasteiger charge is -2.16. The number of anilines is 1. The van der Waals surface area contributed by atoms with Crippen LogP contribution < -0.4 is 5.32 Å². The average molecular weight is 283 g/mol. The molecule has 2 amide bonds. The summed E-state index contributed by atoms with van der Waals surface area (Å²) in [6.45, 7) is 0.879. The van der Waals surface area contributed by atoms with Crippen molar-refractivity contribution in [2.24, 2.45) is 0 Å². The van der Waals surface area contributed by atoms with Crippen LogP contribution in [0.4, 0.5) is 10.5 Å². The van der Waals surface area contributed by atoms with Crippen LogP contribution in [0.1, 0.15) is 21.5 Å². The Kier molecular flexibility index (Phi) is 3.27. The third kappa shape index (κ3) is 2.69. The predicted molar refractivity (Wildman–Crippen MR) is 75.9 cm³/mol. The Morgan fingerprint density at radius 3 is 2.71 bits per heavy atom. The second kappa shape index (κ2) is 5.24. The van der Waals surface area contributed by atoms with Crippen LogP contribution in [0, 0.1) is 0 Å². The summed E-state index contributed by atoms with van der Waals surface area (Å²) in [4.78, 5) is 28.7. The summed E-state index contributed by atoms with van der Waals surface area (Å²) in [6.07, 6.45) is 3.21. The van der Waals surface area contributed by atoms with Gasteiger partial charge in [-0.05, 0) is 35.4 Å². The van der Waals surface area contributed by atoms with Crippen molar-refractivity contribution in [1.82, 2.24) is 9.88 Å². The summed E-state index contributed by atoms with van der Waals surface area (Å²) < 4.78 is 0. The minimum Gasteiger partial charge on any atom is -0.478 e. The van der Waals surface area contributed by atoms with Gasteiger partial charge in [0, 0.05) is 19.3 Å². The van der Waals surface area contributed by atoms with Gasteiger partial charge in [0.15, 0.2) is 0 Å². The van der Waals surface area contributed by atoms with E-state index in [-0.39, 0.29) is 11.6 Å². The van der Waals surface area contributed by atoms with Crippen molar-refractivity contribution >= 4 is 17.7 Å². The zero-order valence-corrected chi connectivity index (χ0v) is 11.1. The molecule has 0 saturated carbocycles. The Morgan fingerprint density at radius 1 is 1.19 bits per heavy atom. The number of hydrogen-bond acceptors (Lipinski definition) is 3. The lowest BCUT2D eigenvalue weighted by atomic mass is 10.1. The van der Waals surface area contributed by atoms with Crippen LogP contribution in [0.5, 0.6) is 0 Å². The van der Waals surface area contributed by atoms with Crippen molar-refractivity contribution in [3.8, 4) is 0 Å². The molecule has 3 rings (SSSR count). The van der Waals surface area contributed by atoms with Crippen LogP contribution in [0.25, 0.3) is 0 Å². The van der Waals surface area contributed by atoms with Crippen LogP contribution in [0.2, 0.25) is 0 Å². The molecule has 1 aliphatic rings. The fourth-order valence-corrected chi connectivity index (χ4v) is 2.31. The number of aromatic carboxylic acids is 1. The number of aromatic nitrogens is 1. The Labute approximate surface area is 121 Å². The summed E-state index contributed by atoms with van der Waals surface area (Å²) >= 11 is 0. The molecule has 0 atom stereocenters. The summed E-state index contributed by atoms with van der Waals surface area (Å²) in [6, 6.07) is 8.22. The lowest BCUT2D eigenvalue weighted by molar-refractivity contribution is 0.0696. The minimum absolute atomic E-state index is 0.226. The van der Waals surface area contributed by atoms with E-state index in [2.05, 4.69) is 10.3 Å². The zero-order valence-electron chi connectivity index (χ0n) is 11.1. The van der Waals surface area contributed by atoms with Gasteiger partial charge in [0.2, 0.25) is 0 Å². The van der Waals surface area contributed by atoms with Gasteiger partial charge in [0.25, 0.3) is 0 Å². The zero-order chi connectivity index (χ0) is 14.8. The van der Waals surface area contributed by atoms with Crippen molar-refractivity contribution in [3.05, 3.63) is 59.4 Å². The van der Waals surface area contributed by atoms with E-state index < -0.39 is 5.97 Å². The van der Waals surface area contributed by atoms with Gasteiger partial charge in [-0.2, -0.15) is 0 Å². The first kappa shape index (κ1) is 13.1. The number of carbonyl (C=O) groups excluding carboxylic acids is 1. The largest absolute Gasteiger partial charge is 0.478 e. The van der Waals surface area contributed by atoms with E-state index in [1.54, 1.807) is 47.6 Å². The summed E-state index contributed by atoms with van der Waals surface area (Å²) in [5.74, 6) is -0.962. The van der Waals surface area contributed by atoms with Gasteiger partial charge < -0.3 is 15.3 Å². The standard InChI is InChI=1S/C15H13N3O3/c19-14(20)10-3-4-11-8-18(9-12(11)6-10)15(21)17-13-2-1-5-16-7-13/h1-7H,8-9H2,(H,17,21)(H,19,20). The molecular formula is C15H13N3O3. The van der Waals surface area contributed by atoms with Crippen molar-refractivity contribution in [3.63, 3.8) is 0 Å². The third-order valence-corrected chi connectivity index (χ3v) is 3.38. The second-order valence-corrected chi connectivity index (χ2v) is 4.82. The molecule has 0 bridgehead atoms. The molecule has 0 aliphatic carbocycles. The van der Waals surface area contributed by atoms with E-state index in [1.165, 1.54) is 0 Å². The number of nitrogens with one attached hydrogen (secondary N) is 1. The number of benzene rings is 1. The van der Waals surface area contributed by atoms with Crippen LogP contribution in [0.15, 0.2) is 42.7 Å². The highest BCUT2D eigenvalue weighted by molar-refractivity contribution is 5.90. The molecule has 106 valence electrons. The van der Waals surface area contributed by atoms with E-state index in [9.17, 15) is 9.59 Å². The Bertz CT molecular complexity index is 701. The van der Waals surface area contributed by atoms with E-state index in [1.807, 2.05) is 0 Å². The number of urea groups is 1. The summed E-state index contributed by atoms with van der Waals surface area (Å²) in [5.41, 5.74) is 2.71. The Morgan fingerprint density at radius 2 is 2.00 bits per heavy atom. The number of pyridine rings is 1. The minimum atomic E-state index is -0.962. The van der Waals surface area contributed by atoms with E-state index in [4.69, 9.17) is 5.11 Å². The fourth-order valence-electron chi connectivity index (χ4n) is 2.31. The highest BCUT2D eigenvalue weighted by Crippen LogP contribution is 2.24. The van der Waals surface area contributed by atoms with Gasteiger partial charge in [-0.15, -0.1) is 0 Å². The highest BCUT2D eigenvalue weighted by atomic mass is 16.4. The number of carboxylic acid groups (broad SMARTS) is 1. The second-order valence-electron chi connectivity index (χ2n) is 4.82. The maximum Gasteiger partial charge on any atom is 0.335 e. The number of carbonyl (C=O) groups is 2. The first-order valence-electron chi connectivity index (χ1n) is 6.44. The molecule has 0 radical (unpaired) electrons. The molecule has 6 heteroatoms. The normalized spacial score (nSPS) is 12.9. The first-order chi connectivity index (χ1) is 10.1. The third-order valence-electron chi connectivity index (χ3n) is 3.38. The van der Waals surface area contributed by atoms with Gasteiger partial charge >= 0.3 is 12.0 Å². The van der Waals surface area contributed by atoms with Gasteiger partial charge in [0.05, 0.1) is 17.4 Å². The van der Waals surface area contributed by atoms with Crippen molar-refractivity contribution in [2.45, 2.75) is 13.1 Å². The smallest absolute Gasteiger partial charge is 0.335 e. The number of carboxylic acids is 1. The quantitative estimate of drug-likeness (QED) is 0.886. The van der Waals surface area contributed by atoms with E-state index >= 15 is 0 Å². The monoisotopic (exact) mass is 283 g/mol. The molecule has 6 nitrogen and oxygen atoms in total. The van der Waals surface area contributed by atoms with E-state index in [0.717, 1.165) is 11.1 Å². The maximum absolute atomic E-state index is 12.2. The topological polar surface area (TPSA) is 82.5 Å². The van der Waals surface area contributed by atoms with Crippen molar-refractivity contribution in [2.75, 3.05) is 5.32 Å². The van der Waals surface area contributed by atoms with Crippen LogP contribution in [-0.2, 0) is 13.1 Å². The molecule has 0 spiro atoms. The van der Waals surface area contributed by atoms with Crippen LogP contribution in [0.3, 0.4) is 0 Å². The highest BCUT2D eigenvalue weighted by Gasteiger charge is 2.24. The molecule has 21 heavy (non-hydrogen) atoms. The average Bonchev–Trinajstić information content (AvgIpc) is 2.91. The van der Waals surface area contributed by atoms with Crippen LogP contribution >= 0.6 is 0 Å². The molecule has 2 aromatic rings. The number of rotatable bonds is 2. The van der Waals surface area contributed by atoms with Gasteiger partial charge in [0.1, 0.15) is 0 Å². The predicted octanol–water partition coefficient (Wildman–Crippen LogP) is 2.33. The summed E-state index contributed by atoms with van der Waals surface area (Å²) in [5, 5.41) is 11.8. The van der Waals surface area contributed by atoms with Crippen molar-refractivity contribution in [1.29, 1.82) is 0 Å². The number of hydrogen-bond donors (Lipinski definition) is 2. The Hall–Kier alpha value is -2.89.